The van der Waals surface area contributed by atoms with Crippen molar-refractivity contribution in [2.24, 2.45) is 0 Å². The van der Waals surface area contributed by atoms with Crippen molar-refractivity contribution in [2.45, 2.75) is 45.1 Å². The van der Waals surface area contributed by atoms with E-state index < -0.39 is 11.9 Å². The quantitative estimate of drug-likeness (QED) is 0.519. The minimum absolute atomic E-state index is 0.0523. The van der Waals surface area contributed by atoms with Crippen LogP contribution in [0.4, 0.5) is 0 Å². The topological polar surface area (TPSA) is 72.5 Å². The number of carbonyl (C=O) groups excluding carboxylic acids is 3. The van der Waals surface area contributed by atoms with Crippen molar-refractivity contribution in [3.05, 3.63) is 69.7 Å². The molecule has 152 valence electrons. The van der Waals surface area contributed by atoms with Crippen LogP contribution in [0.3, 0.4) is 0 Å². The zero-order chi connectivity index (χ0) is 20.8. The number of halogens is 1. The third-order valence-corrected chi connectivity index (χ3v) is 5.43. The van der Waals surface area contributed by atoms with Crippen molar-refractivity contribution in [3.8, 4) is 0 Å². The van der Waals surface area contributed by atoms with Gasteiger partial charge in [-0.25, -0.2) is 0 Å². The highest BCUT2D eigenvalue weighted by atomic mass is 35.5. The first kappa shape index (κ1) is 21.1. The second kappa shape index (κ2) is 9.70. The third-order valence-electron chi connectivity index (χ3n) is 5.09. The molecule has 0 fully saturated rings. The summed E-state index contributed by atoms with van der Waals surface area (Å²) >= 11 is 6.11. The van der Waals surface area contributed by atoms with E-state index >= 15 is 0 Å². The van der Waals surface area contributed by atoms with Gasteiger partial charge in [0, 0.05) is 17.0 Å². The molecule has 5 nitrogen and oxygen atoms in total. The number of carbonyl (C=O) groups is 3. The van der Waals surface area contributed by atoms with Gasteiger partial charge in [-0.1, -0.05) is 41.9 Å². The van der Waals surface area contributed by atoms with Crippen LogP contribution in [0.5, 0.6) is 0 Å². The molecule has 1 amide bonds. The molecule has 6 heteroatoms. The number of ketones is 1. The molecule has 1 N–H and O–H groups in total. The van der Waals surface area contributed by atoms with E-state index in [0.29, 0.717) is 10.6 Å². The van der Waals surface area contributed by atoms with Gasteiger partial charge < -0.3 is 10.1 Å². The van der Waals surface area contributed by atoms with Gasteiger partial charge in [0.05, 0.1) is 12.5 Å². The number of rotatable bonds is 8. The van der Waals surface area contributed by atoms with Crippen molar-refractivity contribution in [3.63, 3.8) is 0 Å². The number of amides is 1. The predicted molar refractivity (Wildman–Crippen MR) is 111 cm³/mol. The van der Waals surface area contributed by atoms with Gasteiger partial charge in [0.1, 0.15) is 0 Å². The molecule has 1 aliphatic carbocycles. The third kappa shape index (κ3) is 5.67. The molecule has 29 heavy (non-hydrogen) atoms. The first-order chi connectivity index (χ1) is 13.9. The molecule has 1 atom stereocenters. The SMILES string of the molecule is C[C@@H](NC(=O)COC(=O)CCC(=O)c1ccc2c(c1)CCC2)c1ccccc1Cl. The van der Waals surface area contributed by atoms with Crippen LogP contribution in [-0.2, 0) is 27.2 Å². The molecular weight excluding hydrogens is 390 g/mol. The Labute approximate surface area is 175 Å². The van der Waals surface area contributed by atoms with Crippen molar-refractivity contribution >= 4 is 29.3 Å². The lowest BCUT2D eigenvalue weighted by Gasteiger charge is -2.15. The van der Waals surface area contributed by atoms with Gasteiger partial charge in [-0.2, -0.15) is 0 Å². The molecule has 2 aromatic rings. The van der Waals surface area contributed by atoms with E-state index in [1.165, 1.54) is 11.1 Å². The number of aryl methyl sites for hydroxylation is 2. The minimum atomic E-state index is -0.569. The van der Waals surface area contributed by atoms with Crippen LogP contribution in [0, 0.1) is 0 Å². The van der Waals surface area contributed by atoms with Crippen LogP contribution in [0.1, 0.15) is 59.3 Å². The van der Waals surface area contributed by atoms with Crippen LogP contribution in [-0.4, -0.2) is 24.3 Å². The molecule has 0 aliphatic heterocycles. The van der Waals surface area contributed by atoms with Crippen LogP contribution in [0.25, 0.3) is 0 Å². The highest BCUT2D eigenvalue weighted by Gasteiger charge is 2.17. The van der Waals surface area contributed by atoms with E-state index in [1.807, 2.05) is 36.4 Å². The van der Waals surface area contributed by atoms with Gasteiger partial charge in [0.2, 0.25) is 0 Å². The van der Waals surface area contributed by atoms with Crippen molar-refractivity contribution in [1.29, 1.82) is 0 Å². The monoisotopic (exact) mass is 413 g/mol. The second-order valence-electron chi connectivity index (χ2n) is 7.23. The first-order valence-electron chi connectivity index (χ1n) is 9.78. The molecule has 3 rings (SSSR count). The zero-order valence-electron chi connectivity index (χ0n) is 16.4. The number of ether oxygens (including phenoxy) is 1. The van der Waals surface area contributed by atoms with Crippen molar-refractivity contribution in [1.82, 2.24) is 5.32 Å². The average Bonchev–Trinajstić information content (AvgIpc) is 3.18. The van der Waals surface area contributed by atoms with Gasteiger partial charge in [-0.15, -0.1) is 0 Å². The van der Waals surface area contributed by atoms with Gasteiger partial charge in [0.15, 0.2) is 12.4 Å². The summed E-state index contributed by atoms with van der Waals surface area (Å²) in [5.41, 5.74) is 3.94. The minimum Gasteiger partial charge on any atom is -0.456 e. The summed E-state index contributed by atoms with van der Waals surface area (Å²) < 4.78 is 4.99. The summed E-state index contributed by atoms with van der Waals surface area (Å²) in [5.74, 6) is -1.08. The normalized spacial score (nSPS) is 13.4. The van der Waals surface area contributed by atoms with E-state index in [4.69, 9.17) is 16.3 Å². The van der Waals surface area contributed by atoms with Crippen LogP contribution >= 0.6 is 11.6 Å². The molecular formula is C23H24ClNO4. The lowest BCUT2D eigenvalue weighted by molar-refractivity contribution is -0.148. The lowest BCUT2D eigenvalue weighted by Crippen LogP contribution is -2.31. The summed E-state index contributed by atoms with van der Waals surface area (Å²) in [7, 11) is 0. The summed E-state index contributed by atoms with van der Waals surface area (Å²) in [6, 6.07) is 12.7. The van der Waals surface area contributed by atoms with Gasteiger partial charge in [-0.3, -0.25) is 14.4 Å². The summed E-state index contributed by atoms with van der Waals surface area (Å²) in [6.45, 7) is 1.41. The maximum atomic E-state index is 12.3. The van der Waals surface area contributed by atoms with E-state index in [1.54, 1.807) is 13.0 Å². The maximum Gasteiger partial charge on any atom is 0.306 e. The van der Waals surface area contributed by atoms with Crippen LogP contribution in [0.15, 0.2) is 42.5 Å². The zero-order valence-corrected chi connectivity index (χ0v) is 17.1. The molecule has 2 aromatic carbocycles. The van der Waals surface area contributed by atoms with Gasteiger partial charge in [0.25, 0.3) is 5.91 Å². The molecule has 1 aliphatic rings. The summed E-state index contributed by atoms with van der Waals surface area (Å²) in [4.78, 5) is 36.2. The Balaban J connectivity index is 1.41. The Hall–Kier alpha value is -2.66. The summed E-state index contributed by atoms with van der Waals surface area (Å²) in [5, 5.41) is 3.30. The number of hydrogen-bond donors (Lipinski definition) is 1. The van der Waals surface area contributed by atoms with E-state index in [2.05, 4.69) is 5.32 Å². The fourth-order valence-electron chi connectivity index (χ4n) is 3.51. The molecule has 0 heterocycles. The van der Waals surface area contributed by atoms with E-state index in [9.17, 15) is 14.4 Å². The standard InChI is InChI=1S/C23H24ClNO4/c1-15(19-7-2-3-8-20(19)24)25-22(27)14-29-23(28)12-11-21(26)18-10-9-16-5-4-6-17(16)13-18/h2-3,7-10,13,15H,4-6,11-12,14H2,1H3,(H,25,27)/t15-/m1/s1. The Morgan fingerprint density at radius 2 is 1.83 bits per heavy atom. The Morgan fingerprint density at radius 3 is 2.62 bits per heavy atom. The summed E-state index contributed by atoms with van der Waals surface area (Å²) in [6.07, 6.45) is 3.20. The molecule has 0 radical (unpaired) electrons. The molecule has 0 saturated carbocycles. The van der Waals surface area contributed by atoms with Gasteiger partial charge >= 0.3 is 5.97 Å². The first-order valence-corrected chi connectivity index (χ1v) is 10.2. The molecule has 0 aromatic heterocycles. The highest BCUT2D eigenvalue weighted by Crippen LogP contribution is 2.24. The van der Waals surface area contributed by atoms with E-state index in [-0.39, 0.29) is 31.3 Å². The number of fused-ring (bicyclic) bond motifs is 1. The number of Topliss-reactive ketones (excluding diaryl/α,β-unsaturated/α-hetero) is 1. The number of benzene rings is 2. The fraction of sp³-hybridized carbons (Fsp3) is 0.348. The second-order valence-corrected chi connectivity index (χ2v) is 7.64. The van der Waals surface area contributed by atoms with E-state index in [0.717, 1.165) is 24.8 Å². The maximum absolute atomic E-state index is 12.3. The fourth-order valence-corrected chi connectivity index (χ4v) is 3.81. The molecule has 0 spiro atoms. The lowest BCUT2D eigenvalue weighted by atomic mass is 10.0. The Morgan fingerprint density at radius 1 is 1.07 bits per heavy atom. The number of nitrogens with one attached hydrogen (secondary N) is 1. The largest absolute Gasteiger partial charge is 0.456 e. The molecule has 0 saturated heterocycles. The van der Waals surface area contributed by atoms with Crippen LogP contribution < -0.4 is 5.32 Å². The van der Waals surface area contributed by atoms with Crippen molar-refractivity contribution in [2.75, 3.05) is 6.61 Å². The smallest absolute Gasteiger partial charge is 0.306 e. The predicted octanol–water partition coefficient (Wildman–Crippen LogP) is 4.21. The Kier molecular flexibility index (Phi) is 7.04. The number of hydrogen-bond acceptors (Lipinski definition) is 4. The van der Waals surface area contributed by atoms with Crippen molar-refractivity contribution < 1.29 is 19.1 Å². The highest BCUT2D eigenvalue weighted by molar-refractivity contribution is 6.31. The van der Waals surface area contributed by atoms with Crippen LogP contribution in [0.2, 0.25) is 5.02 Å². The Bertz CT molecular complexity index is 925. The average molecular weight is 414 g/mol. The van der Waals surface area contributed by atoms with Gasteiger partial charge in [-0.05, 0) is 55.0 Å². The number of esters is 1. The molecule has 0 bridgehead atoms. The molecule has 0 unspecified atom stereocenters.